The van der Waals surface area contributed by atoms with Crippen LogP contribution in [0.5, 0.6) is 0 Å². The molecule has 0 spiro atoms. The Bertz CT molecular complexity index is 152. The molecule has 11 heavy (non-hydrogen) atoms. The molecule has 62 valence electrons. The predicted molar refractivity (Wildman–Crippen MR) is 47.4 cm³/mol. The first-order valence-corrected chi connectivity index (χ1v) is 4.29. The maximum Gasteiger partial charge on any atom is 0.0830 e. The van der Waals surface area contributed by atoms with E-state index in [2.05, 4.69) is 6.58 Å². The van der Waals surface area contributed by atoms with E-state index >= 15 is 0 Å². The molecular formula is C10H16O. The molecule has 1 rings (SSSR count). The first-order chi connectivity index (χ1) is 5.27. The highest BCUT2D eigenvalue weighted by atomic mass is 16.3. The molecule has 0 aliphatic heterocycles. The monoisotopic (exact) mass is 152 g/mol. The van der Waals surface area contributed by atoms with E-state index in [1.54, 1.807) is 6.08 Å². The Morgan fingerprint density at radius 3 is 2.36 bits per heavy atom. The number of allylic oxidation sites excluding steroid dienone is 2. The van der Waals surface area contributed by atoms with Crippen molar-refractivity contribution in [2.24, 2.45) is 0 Å². The summed E-state index contributed by atoms with van der Waals surface area (Å²) >= 11 is 0. The van der Waals surface area contributed by atoms with Crippen LogP contribution in [0.2, 0.25) is 0 Å². The van der Waals surface area contributed by atoms with E-state index in [-0.39, 0.29) is 0 Å². The van der Waals surface area contributed by atoms with Gasteiger partial charge in [-0.1, -0.05) is 44.1 Å². The Morgan fingerprint density at radius 2 is 1.82 bits per heavy atom. The van der Waals surface area contributed by atoms with Crippen molar-refractivity contribution in [2.45, 2.75) is 37.7 Å². The molecule has 0 aromatic carbocycles. The first-order valence-electron chi connectivity index (χ1n) is 4.29. The minimum atomic E-state index is -0.521. The van der Waals surface area contributed by atoms with Gasteiger partial charge in [-0.25, -0.2) is 0 Å². The fraction of sp³-hybridized carbons (Fsp3) is 0.600. The average Bonchev–Trinajstić information content (AvgIpc) is 2.03. The van der Waals surface area contributed by atoms with Gasteiger partial charge in [0, 0.05) is 0 Å². The molecule has 1 N–H and O–H groups in total. The van der Waals surface area contributed by atoms with E-state index in [1.165, 1.54) is 6.42 Å². The van der Waals surface area contributed by atoms with E-state index in [0.29, 0.717) is 0 Å². The van der Waals surface area contributed by atoms with Crippen LogP contribution in [0.15, 0.2) is 24.8 Å². The summed E-state index contributed by atoms with van der Waals surface area (Å²) in [7, 11) is 0. The fourth-order valence-electron chi connectivity index (χ4n) is 1.58. The van der Waals surface area contributed by atoms with Crippen molar-refractivity contribution in [1.29, 1.82) is 0 Å². The van der Waals surface area contributed by atoms with Gasteiger partial charge in [0.05, 0.1) is 5.60 Å². The van der Waals surface area contributed by atoms with E-state index in [0.717, 1.165) is 25.7 Å². The Morgan fingerprint density at radius 1 is 1.18 bits per heavy atom. The largest absolute Gasteiger partial charge is 0.386 e. The number of aliphatic hydroxyl groups is 1. The van der Waals surface area contributed by atoms with Crippen LogP contribution in [0.3, 0.4) is 0 Å². The van der Waals surface area contributed by atoms with Gasteiger partial charge in [0.1, 0.15) is 0 Å². The lowest BCUT2D eigenvalue weighted by atomic mass is 9.85. The highest BCUT2D eigenvalue weighted by Crippen LogP contribution is 2.28. The number of hydrogen-bond acceptors (Lipinski definition) is 1. The minimum absolute atomic E-state index is 0.521. The molecule has 1 heteroatoms. The number of hydrogen-bond donors (Lipinski definition) is 1. The van der Waals surface area contributed by atoms with E-state index < -0.39 is 5.60 Å². The normalized spacial score (nSPS) is 23.7. The topological polar surface area (TPSA) is 20.2 Å². The molecule has 1 nitrogen and oxygen atoms in total. The third kappa shape index (κ3) is 2.51. The van der Waals surface area contributed by atoms with Crippen LogP contribution in [-0.4, -0.2) is 10.7 Å². The minimum Gasteiger partial charge on any atom is -0.386 e. The summed E-state index contributed by atoms with van der Waals surface area (Å²) in [4.78, 5) is 0. The molecule has 0 aromatic heterocycles. The van der Waals surface area contributed by atoms with Gasteiger partial charge in [0.25, 0.3) is 0 Å². The molecule has 0 radical (unpaired) electrons. The van der Waals surface area contributed by atoms with Gasteiger partial charge in [-0.15, -0.1) is 0 Å². The zero-order valence-electron chi connectivity index (χ0n) is 6.92. The zero-order chi connectivity index (χ0) is 8.16. The van der Waals surface area contributed by atoms with Crippen LogP contribution in [0.1, 0.15) is 32.1 Å². The highest BCUT2D eigenvalue weighted by Gasteiger charge is 2.25. The van der Waals surface area contributed by atoms with Gasteiger partial charge in [-0.05, 0) is 12.8 Å². The van der Waals surface area contributed by atoms with Gasteiger partial charge < -0.3 is 5.11 Å². The summed E-state index contributed by atoms with van der Waals surface area (Å²) in [6.45, 7) is 3.58. The van der Waals surface area contributed by atoms with Crippen LogP contribution in [-0.2, 0) is 0 Å². The molecule has 1 aliphatic rings. The standard InChI is InChI=1S/C10H16O/c1-2-3-7-10(11)8-5-4-6-9-10/h2-3,7,11H,1,4-6,8-9H2. The van der Waals surface area contributed by atoms with Crippen LogP contribution in [0.4, 0.5) is 0 Å². The summed E-state index contributed by atoms with van der Waals surface area (Å²) < 4.78 is 0. The SMILES string of the molecule is C=CC=CC1(O)CCCCC1. The zero-order valence-corrected chi connectivity index (χ0v) is 6.92. The fourth-order valence-corrected chi connectivity index (χ4v) is 1.58. The summed E-state index contributed by atoms with van der Waals surface area (Å²) in [6.07, 6.45) is 10.8. The van der Waals surface area contributed by atoms with E-state index in [1.807, 2.05) is 12.2 Å². The molecule has 1 fully saturated rings. The predicted octanol–water partition coefficient (Wildman–Crippen LogP) is 2.42. The van der Waals surface area contributed by atoms with Crippen LogP contribution in [0, 0.1) is 0 Å². The lowest BCUT2D eigenvalue weighted by molar-refractivity contribution is 0.0513. The molecule has 0 saturated heterocycles. The van der Waals surface area contributed by atoms with Crippen LogP contribution in [0.25, 0.3) is 0 Å². The summed E-state index contributed by atoms with van der Waals surface area (Å²) in [5, 5.41) is 9.87. The molecule has 1 saturated carbocycles. The summed E-state index contributed by atoms with van der Waals surface area (Å²) in [6, 6.07) is 0. The van der Waals surface area contributed by atoms with Crippen molar-refractivity contribution in [3.63, 3.8) is 0 Å². The second-order valence-corrected chi connectivity index (χ2v) is 3.26. The van der Waals surface area contributed by atoms with Gasteiger partial charge >= 0.3 is 0 Å². The molecule has 0 bridgehead atoms. The van der Waals surface area contributed by atoms with E-state index in [4.69, 9.17) is 0 Å². The van der Waals surface area contributed by atoms with Crippen molar-refractivity contribution in [3.8, 4) is 0 Å². The van der Waals surface area contributed by atoms with Crippen molar-refractivity contribution in [1.82, 2.24) is 0 Å². The van der Waals surface area contributed by atoms with Crippen molar-refractivity contribution in [3.05, 3.63) is 24.8 Å². The second kappa shape index (κ2) is 3.72. The Hall–Kier alpha value is -0.560. The van der Waals surface area contributed by atoms with E-state index in [9.17, 15) is 5.11 Å². The lowest BCUT2D eigenvalue weighted by Crippen LogP contribution is -2.28. The molecule has 0 unspecified atom stereocenters. The van der Waals surface area contributed by atoms with Crippen LogP contribution < -0.4 is 0 Å². The summed E-state index contributed by atoms with van der Waals surface area (Å²) in [5.74, 6) is 0. The number of rotatable bonds is 2. The Balaban J connectivity index is 2.49. The van der Waals surface area contributed by atoms with Crippen molar-refractivity contribution in [2.75, 3.05) is 0 Å². The van der Waals surface area contributed by atoms with Crippen molar-refractivity contribution < 1.29 is 5.11 Å². The van der Waals surface area contributed by atoms with Crippen molar-refractivity contribution >= 4 is 0 Å². The summed E-state index contributed by atoms with van der Waals surface area (Å²) in [5.41, 5.74) is -0.521. The Labute approximate surface area is 68.4 Å². The highest BCUT2D eigenvalue weighted by molar-refractivity contribution is 5.08. The lowest BCUT2D eigenvalue weighted by Gasteiger charge is -2.28. The molecule has 0 heterocycles. The molecular weight excluding hydrogens is 136 g/mol. The third-order valence-corrected chi connectivity index (χ3v) is 2.26. The van der Waals surface area contributed by atoms with Gasteiger partial charge in [0.2, 0.25) is 0 Å². The molecule has 1 aliphatic carbocycles. The maximum absolute atomic E-state index is 9.87. The molecule has 0 amide bonds. The van der Waals surface area contributed by atoms with Gasteiger partial charge in [-0.3, -0.25) is 0 Å². The first kappa shape index (κ1) is 8.54. The molecule has 0 atom stereocenters. The van der Waals surface area contributed by atoms with Gasteiger partial charge in [-0.2, -0.15) is 0 Å². The average molecular weight is 152 g/mol. The smallest absolute Gasteiger partial charge is 0.0830 e. The van der Waals surface area contributed by atoms with Gasteiger partial charge in [0.15, 0.2) is 0 Å². The maximum atomic E-state index is 9.87. The quantitative estimate of drug-likeness (QED) is 0.602. The van der Waals surface area contributed by atoms with Crippen LogP contribution >= 0.6 is 0 Å². The molecule has 0 aromatic rings. The third-order valence-electron chi connectivity index (χ3n) is 2.26. The second-order valence-electron chi connectivity index (χ2n) is 3.26. The Kier molecular flexibility index (Phi) is 2.89.